The van der Waals surface area contributed by atoms with Crippen molar-refractivity contribution in [3.8, 4) is 0 Å². The fraction of sp³-hybridized carbons (Fsp3) is 0.857. The molecular formula is C14H24N4O. The highest BCUT2D eigenvalue weighted by Gasteiger charge is 2.33. The van der Waals surface area contributed by atoms with Crippen LogP contribution in [0.3, 0.4) is 0 Å². The van der Waals surface area contributed by atoms with E-state index in [1.807, 2.05) is 6.92 Å². The Labute approximate surface area is 114 Å². The van der Waals surface area contributed by atoms with Crippen LogP contribution in [-0.2, 0) is 6.54 Å². The monoisotopic (exact) mass is 264 g/mol. The Bertz CT molecular complexity index is 400. The lowest BCUT2D eigenvalue weighted by molar-refractivity contribution is 0.207. The zero-order chi connectivity index (χ0) is 13.1. The molecule has 0 bridgehead atoms. The zero-order valence-electron chi connectivity index (χ0n) is 11.7. The van der Waals surface area contributed by atoms with Crippen molar-refractivity contribution in [2.75, 3.05) is 6.54 Å². The van der Waals surface area contributed by atoms with Crippen molar-refractivity contribution in [1.29, 1.82) is 0 Å². The van der Waals surface area contributed by atoms with Gasteiger partial charge in [-0.15, -0.1) is 0 Å². The quantitative estimate of drug-likeness (QED) is 0.868. The first-order chi connectivity index (χ1) is 9.33. The molecule has 19 heavy (non-hydrogen) atoms. The van der Waals surface area contributed by atoms with Gasteiger partial charge in [0, 0.05) is 12.1 Å². The summed E-state index contributed by atoms with van der Waals surface area (Å²) in [6.07, 6.45) is 8.00. The molecule has 1 saturated heterocycles. The van der Waals surface area contributed by atoms with Crippen LogP contribution in [-0.4, -0.2) is 28.8 Å². The third-order valence-electron chi connectivity index (χ3n) is 4.52. The molecule has 1 aromatic rings. The molecule has 1 saturated carbocycles. The summed E-state index contributed by atoms with van der Waals surface area (Å²) in [6, 6.07) is 1.30. The van der Waals surface area contributed by atoms with E-state index < -0.39 is 0 Å². The van der Waals surface area contributed by atoms with E-state index in [4.69, 9.17) is 4.52 Å². The molecule has 3 atom stereocenters. The average molecular weight is 264 g/mol. The van der Waals surface area contributed by atoms with Crippen LogP contribution in [0.2, 0.25) is 0 Å². The van der Waals surface area contributed by atoms with Gasteiger partial charge in [0.05, 0.1) is 6.54 Å². The van der Waals surface area contributed by atoms with Gasteiger partial charge in [-0.3, -0.25) is 0 Å². The molecule has 1 aromatic heterocycles. The van der Waals surface area contributed by atoms with Gasteiger partial charge >= 0.3 is 0 Å². The van der Waals surface area contributed by atoms with Crippen LogP contribution in [0.4, 0.5) is 0 Å². The lowest BCUT2D eigenvalue weighted by atomic mass is 9.79. The third-order valence-corrected chi connectivity index (χ3v) is 4.52. The minimum Gasteiger partial charge on any atom is -0.338 e. The molecule has 1 aliphatic carbocycles. The zero-order valence-corrected chi connectivity index (χ0v) is 11.7. The van der Waals surface area contributed by atoms with E-state index >= 15 is 0 Å². The molecule has 5 heteroatoms. The smallest absolute Gasteiger partial charge is 0.240 e. The molecule has 2 fully saturated rings. The molecule has 1 aliphatic heterocycles. The van der Waals surface area contributed by atoms with E-state index in [0.717, 1.165) is 11.7 Å². The summed E-state index contributed by atoms with van der Waals surface area (Å²) in [5, 5.41) is 11.1. The fourth-order valence-corrected chi connectivity index (χ4v) is 3.60. The van der Waals surface area contributed by atoms with Crippen LogP contribution in [0.25, 0.3) is 0 Å². The standard InChI is InChI=1S/C14H24N4O/c1-10-17-14(19-18-10)9-16-13-6-3-2-5-11(13)12-7-4-8-15-12/h11-13,15-16H,2-9H2,1H3. The highest BCUT2D eigenvalue weighted by atomic mass is 16.5. The van der Waals surface area contributed by atoms with Crippen LogP contribution in [0.15, 0.2) is 4.52 Å². The summed E-state index contributed by atoms with van der Waals surface area (Å²) in [5.74, 6) is 2.19. The number of aromatic nitrogens is 2. The maximum atomic E-state index is 5.18. The number of hydrogen-bond acceptors (Lipinski definition) is 5. The third kappa shape index (κ3) is 3.15. The predicted octanol–water partition coefficient (Wildman–Crippen LogP) is 1.78. The highest BCUT2D eigenvalue weighted by molar-refractivity contribution is 4.92. The normalized spacial score (nSPS) is 31.7. The largest absolute Gasteiger partial charge is 0.338 e. The molecule has 0 radical (unpaired) electrons. The highest BCUT2D eigenvalue weighted by Crippen LogP contribution is 2.30. The number of aryl methyl sites for hydroxylation is 1. The van der Waals surface area contributed by atoms with Crippen LogP contribution in [0.5, 0.6) is 0 Å². The van der Waals surface area contributed by atoms with Gasteiger partial charge in [-0.1, -0.05) is 18.0 Å². The van der Waals surface area contributed by atoms with Crippen molar-refractivity contribution in [3.63, 3.8) is 0 Å². The molecular weight excluding hydrogens is 240 g/mol. The molecule has 0 aromatic carbocycles. The first kappa shape index (κ1) is 13.1. The second-order valence-corrected chi connectivity index (χ2v) is 5.87. The summed E-state index contributed by atoms with van der Waals surface area (Å²) in [6.45, 7) is 3.75. The Balaban J connectivity index is 1.57. The van der Waals surface area contributed by atoms with Gasteiger partial charge in [0.15, 0.2) is 5.82 Å². The molecule has 3 unspecified atom stereocenters. The van der Waals surface area contributed by atoms with E-state index in [9.17, 15) is 0 Å². The molecule has 2 aliphatic rings. The van der Waals surface area contributed by atoms with Gasteiger partial charge in [0.2, 0.25) is 5.89 Å². The van der Waals surface area contributed by atoms with E-state index in [-0.39, 0.29) is 0 Å². The number of nitrogens with zero attached hydrogens (tertiary/aromatic N) is 2. The van der Waals surface area contributed by atoms with E-state index in [1.165, 1.54) is 45.1 Å². The van der Waals surface area contributed by atoms with Gasteiger partial charge in [0.1, 0.15) is 0 Å². The van der Waals surface area contributed by atoms with Crippen LogP contribution >= 0.6 is 0 Å². The topological polar surface area (TPSA) is 63.0 Å². The van der Waals surface area contributed by atoms with Gasteiger partial charge in [-0.05, 0) is 45.1 Å². The minimum absolute atomic E-state index is 0.594. The van der Waals surface area contributed by atoms with Crippen molar-refractivity contribution < 1.29 is 4.52 Å². The first-order valence-electron chi connectivity index (χ1n) is 7.59. The fourth-order valence-electron chi connectivity index (χ4n) is 3.60. The van der Waals surface area contributed by atoms with Crippen LogP contribution in [0, 0.1) is 12.8 Å². The molecule has 2 heterocycles. The van der Waals surface area contributed by atoms with Crippen LogP contribution < -0.4 is 10.6 Å². The SMILES string of the molecule is Cc1noc(CNC2CCCCC2C2CCCN2)n1. The lowest BCUT2D eigenvalue weighted by Crippen LogP contribution is -2.46. The summed E-state index contributed by atoms with van der Waals surface area (Å²) in [4.78, 5) is 4.26. The second-order valence-electron chi connectivity index (χ2n) is 5.87. The van der Waals surface area contributed by atoms with Crippen LogP contribution in [0.1, 0.15) is 50.2 Å². The molecule has 0 amide bonds. The Morgan fingerprint density at radius 2 is 2.16 bits per heavy atom. The number of rotatable bonds is 4. The maximum absolute atomic E-state index is 5.18. The van der Waals surface area contributed by atoms with Crippen molar-refractivity contribution in [1.82, 2.24) is 20.8 Å². The Morgan fingerprint density at radius 3 is 2.89 bits per heavy atom. The van der Waals surface area contributed by atoms with Gasteiger partial charge in [-0.25, -0.2) is 0 Å². The number of nitrogens with one attached hydrogen (secondary N) is 2. The van der Waals surface area contributed by atoms with Crippen molar-refractivity contribution in [3.05, 3.63) is 11.7 Å². The molecule has 0 spiro atoms. The van der Waals surface area contributed by atoms with E-state index in [0.29, 0.717) is 24.5 Å². The summed E-state index contributed by atoms with van der Waals surface area (Å²) < 4.78 is 5.18. The molecule has 2 N–H and O–H groups in total. The summed E-state index contributed by atoms with van der Waals surface area (Å²) in [7, 11) is 0. The Kier molecular flexibility index (Phi) is 4.13. The first-order valence-corrected chi connectivity index (χ1v) is 7.59. The average Bonchev–Trinajstić information content (AvgIpc) is 3.08. The minimum atomic E-state index is 0.594. The molecule has 3 rings (SSSR count). The van der Waals surface area contributed by atoms with Crippen molar-refractivity contribution in [2.45, 2.75) is 64.1 Å². The summed E-state index contributed by atoms with van der Waals surface area (Å²) in [5.41, 5.74) is 0. The maximum Gasteiger partial charge on any atom is 0.240 e. The summed E-state index contributed by atoms with van der Waals surface area (Å²) >= 11 is 0. The van der Waals surface area contributed by atoms with Gasteiger partial charge < -0.3 is 15.2 Å². The van der Waals surface area contributed by atoms with Crippen molar-refractivity contribution >= 4 is 0 Å². The lowest BCUT2D eigenvalue weighted by Gasteiger charge is -2.36. The Morgan fingerprint density at radius 1 is 1.26 bits per heavy atom. The number of hydrogen-bond donors (Lipinski definition) is 2. The second kappa shape index (κ2) is 6.01. The van der Waals surface area contributed by atoms with E-state index in [1.54, 1.807) is 0 Å². The molecule has 106 valence electrons. The predicted molar refractivity (Wildman–Crippen MR) is 72.6 cm³/mol. The van der Waals surface area contributed by atoms with Crippen molar-refractivity contribution in [2.24, 2.45) is 5.92 Å². The molecule has 5 nitrogen and oxygen atoms in total. The van der Waals surface area contributed by atoms with Gasteiger partial charge in [0.25, 0.3) is 0 Å². The Hall–Kier alpha value is -0.940. The van der Waals surface area contributed by atoms with Gasteiger partial charge in [-0.2, -0.15) is 4.98 Å². The van der Waals surface area contributed by atoms with E-state index in [2.05, 4.69) is 20.8 Å².